The van der Waals surface area contributed by atoms with E-state index in [4.69, 9.17) is 10.2 Å². The summed E-state index contributed by atoms with van der Waals surface area (Å²) in [5.74, 6) is -2.86. The van der Waals surface area contributed by atoms with E-state index in [0.29, 0.717) is 0 Å². The summed E-state index contributed by atoms with van der Waals surface area (Å²) in [5.41, 5.74) is -0.0996. The normalized spacial score (nSPS) is 7.75. The summed E-state index contributed by atoms with van der Waals surface area (Å²) in [4.78, 5) is 29.9. The Morgan fingerprint density at radius 3 is 1.88 bits per heavy atom. The Labute approximate surface area is 92.1 Å². The molecule has 2 N–H and O–H groups in total. The van der Waals surface area contributed by atoms with Gasteiger partial charge < -0.3 is 14.9 Å². The lowest BCUT2D eigenvalue weighted by molar-refractivity contribution is -0.139. The second-order valence-corrected chi connectivity index (χ2v) is 2.29. The lowest BCUT2D eigenvalue weighted by Gasteiger charge is -1.98. The molecule has 0 unspecified atom stereocenters. The van der Waals surface area contributed by atoms with Crippen LogP contribution in [0.1, 0.15) is 6.42 Å². The monoisotopic (exact) mass is 228 g/mol. The molecule has 0 saturated carbocycles. The van der Waals surface area contributed by atoms with Crippen LogP contribution in [-0.2, 0) is 19.1 Å². The van der Waals surface area contributed by atoms with Gasteiger partial charge in [0.05, 0.1) is 12.7 Å². The van der Waals surface area contributed by atoms with E-state index < -0.39 is 24.3 Å². The number of carbonyl (C=O) groups is 3. The van der Waals surface area contributed by atoms with Crippen LogP contribution < -0.4 is 0 Å². The predicted octanol–water partition coefficient (Wildman–Crippen LogP) is 0.961. The molecular formula is C10H12O6. The van der Waals surface area contributed by atoms with Crippen molar-refractivity contribution in [2.24, 2.45) is 0 Å². The summed E-state index contributed by atoms with van der Waals surface area (Å²) in [5, 5.41) is 15.8. The fraction of sp³-hybridized carbons (Fsp3) is 0.100. The van der Waals surface area contributed by atoms with Gasteiger partial charge >= 0.3 is 17.9 Å². The van der Waals surface area contributed by atoms with Gasteiger partial charge in [-0.25, -0.2) is 9.59 Å². The van der Waals surface area contributed by atoms with Crippen LogP contribution in [0.25, 0.3) is 0 Å². The molecule has 0 bridgehead atoms. The van der Waals surface area contributed by atoms with Crippen molar-refractivity contribution in [2.75, 3.05) is 0 Å². The third kappa shape index (κ3) is 11.6. The van der Waals surface area contributed by atoms with Gasteiger partial charge in [-0.15, -0.1) is 0 Å². The maximum atomic E-state index is 10.6. The van der Waals surface area contributed by atoms with Crippen molar-refractivity contribution in [2.45, 2.75) is 6.42 Å². The van der Waals surface area contributed by atoms with Crippen molar-refractivity contribution in [1.82, 2.24) is 0 Å². The Kier molecular flexibility index (Phi) is 9.24. The highest BCUT2D eigenvalue weighted by Crippen LogP contribution is 2.00. The van der Waals surface area contributed by atoms with Crippen LogP contribution in [0, 0.1) is 0 Å². The molecule has 6 nitrogen and oxygen atoms in total. The standard InChI is InChI=1S/C7H8O4.C3H4O2/c1-3-11-7(10)5(2)4-6(8)9;1-2-3(4)5/h3H,1-2,4H2,(H,8,9);2H,1H2,(H,4,5). The molecule has 88 valence electrons. The quantitative estimate of drug-likeness (QED) is 0.413. The summed E-state index contributed by atoms with van der Waals surface area (Å²) in [7, 11) is 0. The molecule has 0 heterocycles. The van der Waals surface area contributed by atoms with Gasteiger partial charge in [-0.1, -0.05) is 19.7 Å². The number of ether oxygens (including phenoxy) is 1. The van der Waals surface area contributed by atoms with E-state index in [9.17, 15) is 14.4 Å². The van der Waals surface area contributed by atoms with Crippen molar-refractivity contribution in [3.63, 3.8) is 0 Å². The molecule has 6 heteroatoms. The smallest absolute Gasteiger partial charge is 0.338 e. The van der Waals surface area contributed by atoms with Crippen LogP contribution in [0.4, 0.5) is 0 Å². The molecule has 16 heavy (non-hydrogen) atoms. The Morgan fingerprint density at radius 2 is 1.62 bits per heavy atom. The average molecular weight is 228 g/mol. The van der Waals surface area contributed by atoms with E-state index in [1.165, 1.54) is 0 Å². The number of hydrogen-bond donors (Lipinski definition) is 2. The molecule has 0 radical (unpaired) electrons. The minimum absolute atomic E-state index is 0.0996. The Hall–Kier alpha value is -2.37. The van der Waals surface area contributed by atoms with Crippen LogP contribution >= 0.6 is 0 Å². The molecule has 0 fully saturated rings. The van der Waals surface area contributed by atoms with Gasteiger partial charge in [0.1, 0.15) is 0 Å². The zero-order chi connectivity index (χ0) is 13.1. The van der Waals surface area contributed by atoms with Gasteiger partial charge in [-0.3, -0.25) is 4.79 Å². The number of rotatable bonds is 5. The maximum Gasteiger partial charge on any atom is 0.338 e. The third-order valence-corrected chi connectivity index (χ3v) is 1.02. The van der Waals surface area contributed by atoms with Gasteiger partial charge in [-0.2, -0.15) is 0 Å². The zero-order valence-electron chi connectivity index (χ0n) is 8.51. The highest BCUT2D eigenvalue weighted by molar-refractivity contribution is 5.93. The van der Waals surface area contributed by atoms with Crippen LogP contribution in [0.2, 0.25) is 0 Å². The molecule has 0 aromatic heterocycles. The van der Waals surface area contributed by atoms with E-state index in [-0.39, 0.29) is 5.57 Å². The highest BCUT2D eigenvalue weighted by atomic mass is 16.5. The Bertz CT molecular complexity index is 315. The lowest BCUT2D eigenvalue weighted by Crippen LogP contribution is -2.07. The molecule has 0 atom stereocenters. The summed E-state index contributed by atoms with van der Waals surface area (Å²) in [6.45, 7) is 9.30. The first-order valence-corrected chi connectivity index (χ1v) is 3.92. The summed E-state index contributed by atoms with van der Waals surface area (Å²) in [6.07, 6.45) is 1.35. The van der Waals surface area contributed by atoms with Crippen molar-refractivity contribution >= 4 is 17.9 Å². The van der Waals surface area contributed by atoms with E-state index >= 15 is 0 Å². The molecule has 0 rings (SSSR count). The Morgan fingerprint density at radius 1 is 1.19 bits per heavy atom. The fourth-order valence-corrected chi connectivity index (χ4v) is 0.414. The van der Waals surface area contributed by atoms with Crippen LogP contribution in [-0.4, -0.2) is 28.1 Å². The van der Waals surface area contributed by atoms with Gasteiger partial charge in [-0.05, 0) is 0 Å². The van der Waals surface area contributed by atoms with Gasteiger partial charge in [0, 0.05) is 11.6 Å². The summed E-state index contributed by atoms with van der Waals surface area (Å²) >= 11 is 0. The molecule has 0 amide bonds. The summed E-state index contributed by atoms with van der Waals surface area (Å²) < 4.78 is 4.27. The molecular weight excluding hydrogens is 216 g/mol. The van der Waals surface area contributed by atoms with Crippen LogP contribution in [0.5, 0.6) is 0 Å². The SMILES string of the molecule is C=CC(=O)O.C=COC(=O)C(=C)CC(=O)O. The molecule has 0 aliphatic rings. The average Bonchev–Trinajstić information content (AvgIpc) is 2.18. The van der Waals surface area contributed by atoms with Crippen molar-refractivity contribution < 1.29 is 29.3 Å². The third-order valence-electron chi connectivity index (χ3n) is 1.02. The fourth-order valence-electron chi connectivity index (χ4n) is 0.414. The number of esters is 1. The molecule has 0 aromatic rings. The molecule has 0 aliphatic carbocycles. The molecule has 0 aliphatic heterocycles. The number of carboxylic acid groups (broad SMARTS) is 2. The topological polar surface area (TPSA) is 101 Å². The van der Waals surface area contributed by atoms with Crippen LogP contribution in [0.3, 0.4) is 0 Å². The lowest BCUT2D eigenvalue weighted by atomic mass is 10.2. The van der Waals surface area contributed by atoms with E-state index in [1.807, 2.05) is 0 Å². The second-order valence-electron chi connectivity index (χ2n) is 2.29. The molecule has 0 spiro atoms. The highest BCUT2D eigenvalue weighted by Gasteiger charge is 2.10. The van der Waals surface area contributed by atoms with Crippen LogP contribution in [0.15, 0.2) is 37.6 Å². The minimum atomic E-state index is -1.11. The van der Waals surface area contributed by atoms with Gasteiger partial charge in [0.15, 0.2) is 0 Å². The van der Waals surface area contributed by atoms with E-state index in [0.717, 1.165) is 12.3 Å². The largest absolute Gasteiger partial charge is 0.481 e. The van der Waals surface area contributed by atoms with Crippen molar-refractivity contribution in [3.05, 3.63) is 37.6 Å². The van der Waals surface area contributed by atoms with Crippen molar-refractivity contribution in [3.8, 4) is 0 Å². The van der Waals surface area contributed by atoms with E-state index in [2.05, 4.69) is 24.5 Å². The first-order chi connectivity index (χ1) is 7.34. The number of hydrogen-bond acceptors (Lipinski definition) is 4. The zero-order valence-corrected chi connectivity index (χ0v) is 8.51. The van der Waals surface area contributed by atoms with E-state index in [1.54, 1.807) is 0 Å². The number of carbonyl (C=O) groups excluding carboxylic acids is 1. The minimum Gasteiger partial charge on any atom is -0.481 e. The van der Waals surface area contributed by atoms with Gasteiger partial charge in [0.25, 0.3) is 0 Å². The number of carboxylic acids is 2. The predicted molar refractivity (Wildman–Crippen MR) is 55.5 cm³/mol. The molecule has 0 aromatic carbocycles. The van der Waals surface area contributed by atoms with Gasteiger partial charge in [0.2, 0.25) is 0 Å². The molecule has 0 saturated heterocycles. The first-order valence-electron chi connectivity index (χ1n) is 3.92. The van der Waals surface area contributed by atoms with Crippen molar-refractivity contribution in [1.29, 1.82) is 0 Å². The maximum absolute atomic E-state index is 10.6. The summed E-state index contributed by atoms with van der Waals surface area (Å²) in [6, 6.07) is 0. The number of aliphatic carboxylic acids is 2. The second kappa shape index (κ2) is 9.20. The first kappa shape index (κ1) is 16.1. The Balaban J connectivity index is 0.